The van der Waals surface area contributed by atoms with E-state index in [1.807, 2.05) is 13.0 Å². The molecule has 0 saturated carbocycles. The summed E-state index contributed by atoms with van der Waals surface area (Å²) in [5, 5.41) is 2.81. The molecule has 5 heteroatoms. The summed E-state index contributed by atoms with van der Waals surface area (Å²) in [4.78, 5) is 19.8. The molecule has 2 heterocycles. The Morgan fingerprint density at radius 2 is 2.22 bits per heavy atom. The van der Waals surface area contributed by atoms with E-state index in [4.69, 9.17) is 5.73 Å². The predicted molar refractivity (Wildman–Crippen MR) is 68.8 cm³/mol. The Hall–Kier alpha value is -2.43. The van der Waals surface area contributed by atoms with Gasteiger partial charge in [-0.25, -0.2) is 4.98 Å². The number of anilines is 1. The van der Waals surface area contributed by atoms with Gasteiger partial charge in [0.15, 0.2) is 0 Å². The average molecular weight is 242 g/mol. The Balaban J connectivity index is 2.06. The van der Waals surface area contributed by atoms with Gasteiger partial charge < -0.3 is 11.1 Å². The van der Waals surface area contributed by atoms with Crippen LogP contribution in [0.5, 0.6) is 0 Å². The predicted octanol–water partition coefficient (Wildman–Crippen LogP) is 1.30. The summed E-state index contributed by atoms with van der Waals surface area (Å²) in [5.74, 6) is 0.0123. The molecule has 2 aromatic rings. The molecular formula is C13H14N4O. The number of amides is 1. The molecule has 1 amide bonds. The zero-order valence-electron chi connectivity index (χ0n) is 10.1. The summed E-state index contributed by atoms with van der Waals surface area (Å²) in [6, 6.07) is 5.21. The maximum Gasteiger partial charge on any atom is 0.255 e. The number of pyridine rings is 2. The first kappa shape index (κ1) is 12.0. The van der Waals surface area contributed by atoms with Crippen LogP contribution in [0, 0.1) is 6.92 Å². The summed E-state index contributed by atoms with van der Waals surface area (Å²) in [7, 11) is 0. The highest BCUT2D eigenvalue weighted by Gasteiger charge is 2.09. The molecular weight excluding hydrogens is 228 g/mol. The van der Waals surface area contributed by atoms with Crippen LogP contribution in [0.2, 0.25) is 0 Å². The number of hydrogen-bond acceptors (Lipinski definition) is 4. The van der Waals surface area contributed by atoms with Crippen LogP contribution in [0.4, 0.5) is 5.82 Å². The lowest BCUT2D eigenvalue weighted by Crippen LogP contribution is -2.24. The third-order valence-corrected chi connectivity index (χ3v) is 2.66. The van der Waals surface area contributed by atoms with Crippen molar-refractivity contribution < 1.29 is 4.79 Å². The van der Waals surface area contributed by atoms with Gasteiger partial charge in [-0.15, -0.1) is 0 Å². The number of nitrogen functional groups attached to an aromatic ring is 1. The molecule has 92 valence electrons. The molecule has 0 fully saturated rings. The van der Waals surface area contributed by atoms with Crippen LogP contribution in [0.3, 0.4) is 0 Å². The van der Waals surface area contributed by atoms with Crippen molar-refractivity contribution >= 4 is 11.7 Å². The molecule has 18 heavy (non-hydrogen) atoms. The van der Waals surface area contributed by atoms with E-state index in [1.54, 1.807) is 30.7 Å². The minimum Gasteiger partial charge on any atom is -0.383 e. The van der Waals surface area contributed by atoms with Crippen molar-refractivity contribution in [2.24, 2.45) is 0 Å². The Kier molecular flexibility index (Phi) is 3.52. The second-order valence-electron chi connectivity index (χ2n) is 3.92. The van der Waals surface area contributed by atoms with Crippen LogP contribution in [-0.4, -0.2) is 15.9 Å². The number of aromatic nitrogens is 2. The van der Waals surface area contributed by atoms with Crippen LogP contribution in [0.15, 0.2) is 36.8 Å². The number of hydrogen-bond donors (Lipinski definition) is 2. The second-order valence-corrected chi connectivity index (χ2v) is 3.92. The molecule has 0 spiro atoms. The Labute approximate surface area is 105 Å². The minimum atomic E-state index is -0.225. The highest BCUT2D eigenvalue weighted by atomic mass is 16.1. The SMILES string of the molecule is Cc1cnccc1CNC(=O)c1cccnc1N. The molecule has 0 saturated heterocycles. The molecule has 0 atom stereocenters. The van der Waals surface area contributed by atoms with E-state index in [0.29, 0.717) is 12.1 Å². The van der Waals surface area contributed by atoms with Crippen LogP contribution in [0.1, 0.15) is 21.5 Å². The van der Waals surface area contributed by atoms with Gasteiger partial charge >= 0.3 is 0 Å². The third-order valence-electron chi connectivity index (χ3n) is 2.66. The zero-order chi connectivity index (χ0) is 13.0. The molecule has 2 rings (SSSR count). The first-order valence-electron chi connectivity index (χ1n) is 5.56. The highest BCUT2D eigenvalue weighted by Crippen LogP contribution is 2.08. The number of rotatable bonds is 3. The monoisotopic (exact) mass is 242 g/mol. The fraction of sp³-hybridized carbons (Fsp3) is 0.154. The van der Waals surface area contributed by atoms with Gasteiger partial charge in [0.2, 0.25) is 0 Å². The van der Waals surface area contributed by atoms with Gasteiger partial charge in [-0.2, -0.15) is 0 Å². The van der Waals surface area contributed by atoms with Crippen molar-refractivity contribution in [3.05, 3.63) is 53.5 Å². The Morgan fingerprint density at radius 1 is 1.39 bits per heavy atom. The highest BCUT2D eigenvalue weighted by molar-refractivity contribution is 5.98. The summed E-state index contributed by atoms with van der Waals surface area (Å²) >= 11 is 0. The number of nitrogens with zero attached hydrogens (tertiary/aromatic N) is 2. The molecule has 0 aliphatic rings. The normalized spacial score (nSPS) is 10.1. The molecule has 0 aliphatic heterocycles. The molecule has 0 aliphatic carbocycles. The first-order chi connectivity index (χ1) is 8.68. The minimum absolute atomic E-state index is 0.225. The van der Waals surface area contributed by atoms with Gasteiger partial charge in [0.1, 0.15) is 5.82 Å². The largest absolute Gasteiger partial charge is 0.383 e. The van der Waals surface area contributed by atoms with Crippen LogP contribution in [-0.2, 0) is 6.54 Å². The fourth-order valence-corrected chi connectivity index (χ4v) is 1.58. The average Bonchev–Trinajstić information content (AvgIpc) is 2.38. The Morgan fingerprint density at radius 3 is 2.94 bits per heavy atom. The number of carbonyl (C=O) groups is 1. The fourth-order valence-electron chi connectivity index (χ4n) is 1.58. The smallest absolute Gasteiger partial charge is 0.255 e. The van der Waals surface area contributed by atoms with Crippen molar-refractivity contribution in [3.8, 4) is 0 Å². The van der Waals surface area contributed by atoms with E-state index >= 15 is 0 Å². The van der Waals surface area contributed by atoms with E-state index in [2.05, 4.69) is 15.3 Å². The van der Waals surface area contributed by atoms with Crippen molar-refractivity contribution in [1.29, 1.82) is 0 Å². The number of aryl methyl sites for hydroxylation is 1. The van der Waals surface area contributed by atoms with E-state index < -0.39 is 0 Å². The molecule has 0 radical (unpaired) electrons. The first-order valence-corrected chi connectivity index (χ1v) is 5.56. The maximum atomic E-state index is 11.9. The van der Waals surface area contributed by atoms with E-state index in [0.717, 1.165) is 11.1 Å². The Bertz CT molecular complexity index is 568. The molecule has 0 aromatic carbocycles. The quantitative estimate of drug-likeness (QED) is 0.850. The molecule has 2 aromatic heterocycles. The van der Waals surface area contributed by atoms with E-state index in [9.17, 15) is 4.79 Å². The molecule has 3 N–H and O–H groups in total. The lowest BCUT2D eigenvalue weighted by molar-refractivity contribution is 0.0951. The summed E-state index contributed by atoms with van der Waals surface area (Å²) < 4.78 is 0. The van der Waals surface area contributed by atoms with Crippen molar-refractivity contribution in [2.45, 2.75) is 13.5 Å². The van der Waals surface area contributed by atoms with Crippen LogP contribution in [0.25, 0.3) is 0 Å². The van der Waals surface area contributed by atoms with Gasteiger partial charge in [-0.1, -0.05) is 0 Å². The lowest BCUT2D eigenvalue weighted by Gasteiger charge is -2.08. The van der Waals surface area contributed by atoms with Gasteiger partial charge in [0.05, 0.1) is 5.56 Å². The second kappa shape index (κ2) is 5.27. The summed E-state index contributed by atoms with van der Waals surface area (Å²) in [6.45, 7) is 2.40. The number of carbonyl (C=O) groups excluding carboxylic acids is 1. The third kappa shape index (κ3) is 2.63. The maximum absolute atomic E-state index is 11.9. The van der Waals surface area contributed by atoms with E-state index in [1.165, 1.54) is 0 Å². The van der Waals surface area contributed by atoms with Crippen molar-refractivity contribution in [2.75, 3.05) is 5.73 Å². The van der Waals surface area contributed by atoms with E-state index in [-0.39, 0.29) is 11.7 Å². The standard InChI is InChI=1S/C13H14N4O/c1-9-7-15-6-4-10(9)8-17-13(18)11-3-2-5-16-12(11)14/h2-7H,8H2,1H3,(H2,14,16)(H,17,18). The topological polar surface area (TPSA) is 80.9 Å². The van der Waals surface area contributed by atoms with Crippen molar-refractivity contribution in [1.82, 2.24) is 15.3 Å². The summed E-state index contributed by atoms with van der Waals surface area (Å²) in [6.07, 6.45) is 5.02. The number of nitrogens with two attached hydrogens (primary N) is 1. The zero-order valence-corrected chi connectivity index (χ0v) is 10.1. The van der Waals surface area contributed by atoms with Crippen molar-refractivity contribution in [3.63, 3.8) is 0 Å². The molecule has 5 nitrogen and oxygen atoms in total. The lowest BCUT2D eigenvalue weighted by atomic mass is 10.1. The molecule has 0 unspecified atom stereocenters. The van der Waals surface area contributed by atoms with Crippen LogP contribution < -0.4 is 11.1 Å². The van der Waals surface area contributed by atoms with Gasteiger partial charge in [0.25, 0.3) is 5.91 Å². The van der Waals surface area contributed by atoms with Crippen LogP contribution >= 0.6 is 0 Å². The van der Waals surface area contributed by atoms with Gasteiger partial charge in [0, 0.05) is 25.1 Å². The van der Waals surface area contributed by atoms with Gasteiger partial charge in [-0.05, 0) is 36.2 Å². The number of nitrogens with one attached hydrogen (secondary N) is 1. The summed E-state index contributed by atoms with van der Waals surface area (Å²) in [5.41, 5.74) is 8.10. The molecule has 0 bridgehead atoms. The van der Waals surface area contributed by atoms with Gasteiger partial charge in [-0.3, -0.25) is 9.78 Å².